The summed E-state index contributed by atoms with van der Waals surface area (Å²) in [5, 5.41) is 7.65. The third-order valence-electron chi connectivity index (χ3n) is 3.85. The molecule has 3 amide bonds. The number of para-hydroxylation sites is 1. The molecule has 0 aromatic heterocycles. The second kappa shape index (κ2) is 8.22. The summed E-state index contributed by atoms with van der Waals surface area (Å²) < 4.78 is 10.6. The van der Waals surface area contributed by atoms with E-state index in [0.717, 1.165) is 5.56 Å². The Morgan fingerprint density at radius 1 is 0.963 bits per heavy atom. The lowest BCUT2D eigenvalue weighted by Gasteiger charge is -2.11. The number of benzene rings is 2. The first-order valence-electron chi connectivity index (χ1n) is 8.43. The maximum Gasteiger partial charge on any atom is 0.313 e. The maximum atomic E-state index is 12.5. The van der Waals surface area contributed by atoms with Crippen molar-refractivity contribution in [1.82, 2.24) is 10.6 Å². The molecular weight excluding hydrogens is 350 g/mol. The Bertz CT molecular complexity index is 881. The van der Waals surface area contributed by atoms with Gasteiger partial charge in [0.2, 0.25) is 6.79 Å². The first kappa shape index (κ1) is 18.2. The number of fused-ring (bicyclic) bond motifs is 1. The Morgan fingerprint density at radius 3 is 2.56 bits per heavy atom. The predicted molar refractivity (Wildman–Crippen MR) is 97.5 cm³/mol. The lowest BCUT2D eigenvalue weighted by Crippen LogP contribution is -2.35. The molecule has 0 saturated heterocycles. The van der Waals surface area contributed by atoms with Crippen molar-refractivity contribution in [3.63, 3.8) is 0 Å². The summed E-state index contributed by atoms with van der Waals surface area (Å²) in [6, 6.07) is 11.9. The minimum atomic E-state index is -0.826. The minimum absolute atomic E-state index is 0.184. The smallest absolute Gasteiger partial charge is 0.313 e. The Labute approximate surface area is 155 Å². The molecule has 140 valence electrons. The summed E-state index contributed by atoms with van der Waals surface area (Å²) in [5.74, 6) is -0.653. The predicted octanol–water partition coefficient (Wildman–Crippen LogP) is 1.42. The van der Waals surface area contributed by atoms with E-state index in [9.17, 15) is 14.4 Å². The maximum absolute atomic E-state index is 12.5. The van der Waals surface area contributed by atoms with Crippen molar-refractivity contribution in [2.45, 2.75) is 13.5 Å². The molecule has 0 saturated carbocycles. The van der Waals surface area contributed by atoms with Gasteiger partial charge in [0.05, 0.1) is 11.3 Å². The van der Waals surface area contributed by atoms with E-state index in [1.807, 2.05) is 6.07 Å². The van der Waals surface area contributed by atoms with Crippen molar-refractivity contribution < 1.29 is 23.9 Å². The van der Waals surface area contributed by atoms with E-state index in [1.54, 1.807) is 43.3 Å². The molecule has 27 heavy (non-hydrogen) atoms. The van der Waals surface area contributed by atoms with Gasteiger partial charge in [0.15, 0.2) is 11.5 Å². The zero-order chi connectivity index (χ0) is 19.2. The summed E-state index contributed by atoms with van der Waals surface area (Å²) in [7, 11) is 0. The Hall–Kier alpha value is -3.55. The first-order chi connectivity index (χ1) is 13.1. The van der Waals surface area contributed by atoms with Crippen molar-refractivity contribution in [2.24, 2.45) is 0 Å². The molecular formula is C19H19N3O5. The Balaban J connectivity index is 1.66. The van der Waals surface area contributed by atoms with E-state index in [2.05, 4.69) is 16.0 Å². The lowest BCUT2D eigenvalue weighted by atomic mass is 10.1. The quantitative estimate of drug-likeness (QED) is 0.691. The van der Waals surface area contributed by atoms with Crippen molar-refractivity contribution in [1.29, 1.82) is 0 Å². The van der Waals surface area contributed by atoms with Gasteiger partial charge in [-0.2, -0.15) is 0 Å². The number of amides is 3. The minimum Gasteiger partial charge on any atom is -0.454 e. The van der Waals surface area contributed by atoms with Crippen LogP contribution in [-0.4, -0.2) is 31.1 Å². The van der Waals surface area contributed by atoms with Gasteiger partial charge >= 0.3 is 11.8 Å². The molecule has 0 unspecified atom stereocenters. The Morgan fingerprint density at radius 2 is 1.74 bits per heavy atom. The second-order valence-electron chi connectivity index (χ2n) is 5.73. The number of rotatable bonds is 5. The van der Waals surface area contributed by atoms with Crippen molar-refractivity contribution >= 4 is 23.4 Å². The highest BCUT2D eigenvalue weighted by Crippen LogP contribution is 2.32. The number of anilines is 1. The average Bonchev–Trinajstić information content (AvgIpc) is 3.14. The van der Waals surface area contributed by atoms with Gasteiger partial charge in [-0.3, -0.25) is 14.4 Å². The van der Waals surface area contributed by atoms with Gasteiger partial charge in [-0.1, -0.05) is 18.2 Å². The van der Waals surface area contributed by atoms with Crippen molar-refractivity contribution in [3.05, 3.63) is 53.6 Å². The molecule has 8 heteroatoms. The summed E-state index contributed by atoms with van der Waals surface area (Å²) in [6.07, 6.45) is 0. The number of likely N-dealkylation sites (N-methyl/N-ethyl adjacent to an activating group) is 1. The van der Waals surface area contributed by atoms with Crippen LogP contribution < -0.4 is 25.4 Å². The lowest BCUT2D eigenvalue weighted by molar-refractivity contribution is -0.136. The van der Waals surface area contributed by atoms with Crippen LogP contribution in [0, 0.1) is 0 Å². The van der Waals surface area contributed by atoms with E-state index >= 15 is 0 Å². The van der Waals surface area contributed by atoms with Gasteiger partial charge in [-0.15, -0.1) is 0 Å². The van der Waals surface area contributed by atoms with Crippen LogP contribution in [0.3, 0.4) is 0 Å². The van der Waals surface area contributed by atoms with E-state index in [0.29, 0.717) is 18.0 Å². The molecule has 2 aromatic rings. The first-order valence-corrected chi connectivity index (χ1v) is 8.43. The zero-order valence-corrected chi connectivity index (χ0v) is 14.7. The molecule has 3 rings (SSSR count). The van der Waals surface area contributed by atoms with E-state index in [4.69, 9.17) is 9.47 Å². The van der Waals surface area contributed by atoms with Gasteiger partial charge in [0, 0.05) is 13.1 Å². The van der Waals surface area contributed by atoms with Crippen LogP contribution in [-0.2, 0) is 16.1 Å². The summed E-state index contributed by atoms with van der Waals surface area (Å²) >= 11 is 0. The number of hydrogen-bond acceptors (Lipinski definition) is 5. The zero-order valence-electron chi connectivity index (χ0n) is 14.7. The molecule has 1 aliphatic rings. The molecule has 0 radical (unpaired) electrons. The average molecular weight is 369 g/mol. The highest BCUT2D eigenvalue weighted by atomic mass is 16.7. The highest BCUT2D eigenvalue weighted by Gasteiger charge is 2.18. The van der Waals surface area contributed by atoms with E-state index < -0.39 is 11.8 Å². The van der Waals surface area contributed by atoms with Gasteiger partial charge in [0.25, 0.3) is 5.91 Å². The van der Waals surface area contributed by atoms with Crippen molar-refractivity contribution in [2.75, 3.05) is 18.7 Å². The van der Waals surface area contributed by atoms with Crippen LogP contribution in [0.1, 0.15) is 22.8 Å². The summed E-state index contributed by atoms with van der Waals surface area (Å²) in [6.45, 7) is 2.50. The molecule has 8 nitrogen and oxygen atoms in total. The van der Waals surface area contributed by atoms with Crippen LogP contribution in [0.4, 0.5) is 5.69 Å². The van der Waals surface area contributed by atoms with Crippen LogP contribution in [0.2, 0.25) is 0 Å². The van der Waals surface area contributed by atoms with E-state index in [-0.39, 0.29) is 30.5 Å². The summed E-state index contributed by atoms with van der Waals surface area (Å²) in [4.78, 5) is 36.0. The molecule has 1 aliphatic heterocycles. The number of nitrogens with one attached hydrogen (secondary N) is 3. The number of carbonyl (C=O) groups excluding carboxylic acids is 3. The highest BCUT2D eigenvalue weighted by molar-refractivity contribution is 6.40. The van der Waals surface area contributed by atoms with Gasteiger partial charge in [0.1, 0.15) is 0 Å². The normalized spacial score (nSPS) is 11.6. The topological polar surface area (TPSA) is 106 Å². The summed E-state index contributed by atoms with van der Waals surface area (Å²) in [5.41, 5.74) is 1.37. The molecule has 0 atom stereocenters. The van der Waals surface area contributed by atoms with Crippen LogP contribution >= 0.6 is 0 Å². The number of hydrogen-bond donors (Lipinski definition) is 3. The molecule has 0 spiro atoms. The third-order valence-corrected chi connectivity index (χ3v) is 3.85. The monoisotopic (exact) mass is 369 g/mol. The molecule has 3 N–H and O–H groups in total. The standard InChI is InChI=1S/C19H19N3O5/c1-2-20-18(24)19(25)22-14-6-4-3-5-13(14)17(23)21-10-12-7-8-15-16(9-12)27-11-26-15/h3-9H,2,10-11H2,1H3,(H,20,24)(H,21,23)(H,22,25). The van der Waals surface area contributed by atoms with Gasteiger partial charge in [-0.05, 0) is 36.8 Å². The fourth-order valence-corrected chi connectivity index (χ4v) is 2.54. The fourth-order valence-electron chi connectivity index (χ4n) is 2.54. The molecule has 0 fully saturated rings. The van der Waals surface area contributed by atoms with Gasteiger partial charge < -0.3 is 25.4 Å². The van der Waals surface area contributed by atoms with E-state index in [1.165, 1.54) is 0 Å². The molecule has 0 bridgehead atoms. The largest absolute Gasteiger partial charge is 0.454 e. The Kier molecular flexibility index (Phi) is 5.55. The fraction of sp³-hybridized carbons (Fsp3) is 0.211. The second-order valence-corrected chi connectivity index (χ2v) is 5.73. The number of ether oxygens (including phenoxy) is 2. The van der Waals surface area contributed by atoms with Crippen LogP contribution in [0.25, 0.3) is 0 Å². The molecule has 2 aromatic carbocycles. The van der Waals surface area contributed by atoms with Crippen LogP contribution in [0.15, 0.2) is 42.5 Å². The van der Waals surface area contributed by atoms with Crippen molar-refractivity contribution in [3.8, 4) is 11.5 Å². The number of carbonyl (C=O) groups is 3. The van der Waals surface area contributed by atoms with Crippen LogP contribution in [0.5, 0.6) is 11.5 Å². The molecule has 1 heterocycles. The van der Waals surface area contributed by atoms with Gasteiger partial charge in [-0.25, -0.2) is 0 Å². The SMILES string of the molecule is CCNC(=O)C(=O)Nc1ccccc1C(=O)NCc1ccc2c(c1)OCO2. The third kappa shape index (κ3) is 4.35. The molecule has 0 aliphatic carbocycles.